The van der Waals surface area contributed by atoms with Crippen molar-refractivity contribution in [3.63, 3.8) is 0 Å². The van der Waals surface area contributed by atoms with Crippen molar-refractivity contribution in [1.29, 1.82) is 0 Å². The molecule has 6 nitrogen and oxygen atoms in total. The van der Waals surface area contributed by atoms with E-state index in [1.165, 1.54) is 5.56 Å². The number of aromatic nitrogens is 3. The van der Waals surface area contributed by atoms with Crippen LogP contribution in [0.4, 0.5) is 5.95 Å². The lowest BCUT2D eigenvalue weighted by atomic mass is 10.1. The van der Waals surface area contributed by atoms with Crippen molar-refractivity contribution in [2.45, 2.75) is 24.5 Å². The number of carbonyl (C=O) groups is 1. The van der Waals surface area contributed by atoms with Gasteiger partial charge in [0, 0.05) is 6.04 Å². The van der Waals surface area contributed by atoms with Crippen LogP contribution < -0.4 is 5.73 Å². The molecule has 1 unspecified atom stereocenters. The number of thiophene rings is 1. The zero-order chi connectivity index (χ0) is 13.8. The minimum absolute atomic E-state index is 0.0523. The van der Waals surface area contributed by atoms with E-state index in [-0.39, 0.29) is 11.8 Å². The first kappa shape index (κ1) is 13.9. The Kier molecular flexibility index (Phi) is 4.43. The van der Waals surface area contributed by atoms with Crippen LogP contribution >= 0.6 is 23.1 Å². The first-order valence-corrected chi connectivity index (χ1v) is 7.57. The normalized spacial score (nSPS) is 12.5. The molecule has 0 aliphatic carbocycles. The lowest BCUT2D eigenvalue weighted by Gasteiger charge is -2.15. The van der Waals surface area contributed by atoms with Gasteiger partial charge < -0.3 is 10.8 Å². The minimum atomic E-state index is -0.886. The molecule has 0 aliphatic heterocycles. The van der Waals surface area contributed by atoms with Crippen molar-refractivity contribution in [3.05, 3.63) is 22.4 Å². The maximum absolute atomic E-state index is 10.6. The van der Waals surface area contributed by atoms with E-state index in [2.05, 4.69) is 21.6 Å². The van der Waals surface area contributed by atoms with Gasteiger partial charge in [-0.05, 0) is 35.7 Å². The molecule has 0 bridgehead atoms. The van der Waals surface area contributed by atoms with Crippen molar-refractivity contribution in [1.82, 2.24) is 14.8 Å². The van der Waals surface area contributed by atoms with Gasteiger partial charge in [-0.25, -0.2) is 0 Å². The Morgan fingerprint density at radius 3 is 3.05 bits per heavy atom. The Hall–Kier alpha value is -1.54. The van der Waals surface area contributed by atoms with E-state index >= 15 is 0 Å². The second-order valence-electron chi connectivity index (χ2n) is 4.08. The SMILES string of the molecule is CC(Cc1ccsc1)n1c(N)nnc1SCC(=O)O. The van der Waals surface area contributed by atoms with Crippen molar-refractivity contribution in [3.8, 4) is 0 Å². The second-order valence-corrected chi connectivity index (χ2v) is 5.80. The molecule has 2 rings (SSSR count). The van der Waals surface area contributed by atoms with E-state index in [1.54, 1.807) is 15.9 Å². The van der Waals surface area contributed by atoms with Crippen molar-refractivity contribution < 1.29 is 9.90 Å². The highest BCUT2D eigenvalue weighted by Gasteiger charge is 2.17. The van der Waals surface area contributed by atoms with Gasteiger partial charge in [-0.15, -0.1) is 10.2 Å². The summed E-state index contributed by atoms with van der Waals surface area (Å²) in [6, 6.07) is 2.15. The number of thioether (sulfide) groups is 1. The number of carboxylic acids is 1. The molecular formula is C11H14N4O2S2. The molecule has 102 valence electrons. The van der Waals surface area contributed by atoms with Crippen LogP contribution in [0.1, 0.15) is 18.5 Å². The predicted octanol–water partition coefficient (Wildman–Crippen LogP) is 1.90. The Morgan fingerprint density at radius 1 is 1.63 bits per heavy atom. The standard InChI is InChI=1S/C11H14N4O2S2/c1-7(4-8-2-3-18-5-8)15-10(12)13-14-11(15)19-6-9(16)17/h2-3,5,7H,4,6H2,1H3,(H2,12,13)(H,16,17). The smallest absolute Gasteiger partial charge is 0.313 e. The Morgan fingerprint density at radius 2 is 2.42 bits per heavy atom. The van der Waals surface area contributed by atoms with Crippen LogP contribution in [0.5, 0.6) is 0 Å². The van der Waals surface area contributed by atoms with Gasteiger partial charge in [-0.2, -0.15) is 11.3 Å². The van der Waals surface area contributed by atoms with E-state index in [1.807, 2.05) is 12.3 Å². The monoisotopic (exact) mass is 298 g/mol. The van der Waals surface area contributed by atoms with Crippen molar-refractivity contribution in [2.75, 3.05) is 11.5 Å². The number of nitrogen functional groups attached to an aromatic ring is 1. The molecule has 2 aromatic rings. The number of anilines is 1. The van der Waals surface area contributed by atoms with Crippen LogP contribution in [0, 0.1) is 0 Å². The summed E-state index contributed by atoms with van der Waals surface area (Å²) in [5.41, 5.74) is 7.03. The largest absolute Gasteiger partial charge is 0.481 e. The molecule has 0 aromatic carbocycles. The molecule has 0 amide bonds. The number of aliphatic carboxylic acids is 1. The van der Waals surface area contributed by atoms with Crippen LogP contribution in [0.3, 0.4) is 0 Å². The molecule has 19 heavy (non-hydrogen) atoms. The highest BCUT2D eigenvalue weighted by molar-refractivity contribution is 7.99. The lowest BCUT2D eigenvalue weighted by molar-refractivity contribution is -0.133. The first-order valence-electron chi connectivity index (χ1n) is 5.64. The van der Waals surface area contributed by atoms with E-state index in [9.17, 15) is 4.79 Å². The third-order valence-corrected chi connectivity index (χ3v) is 4.23. The van der Waals surface area contributed by atoms with Crippen LogP contribution in [0.15, 0.2) is 22.0 Å². The average molecular weight is 298 g/mol. The van der Waals surface area contributed by atoms with E-state index in [4.69, 9.17) is 10.8 Å². The van der Waals surface area contributed by atoms with Gasteiger partial charge in [0.1, 0.15) is 0 Å². The summed E-state index contributed by atoms with van der Waals surface area (Å²) in [6.07, 6.45) is 0.812. The quantitative estimate of drug-likeness (QED) is 0.791. The fourth-order valence-corrected chi connectivity index (χ4v) is 3.21. The van der Waals surface area contributed by atoms with Gasteiger partial charge in [0.15, 0.2) is 5.16 Å². The van der Waals surface area contributed by atoms with Gasteiger partial charge in [-0.1, -0.05) is 11.8 Å². The molecule has 0 aliphatic rings. The maximum Gasteiger partial charge on any atom is 0.313 e. The highest BCUT2D eigenvalue weighted by atomic mass is 32.2. The molecule has 2 aromatic heterocycles. The van der Waals surface area contributed by atoms with E-state index in [0.29, 0.717) is 11.1 Å². The fourth-order valence-electron chi connectivity index (χ4n) is 1.77. The van der Waals surface area contributed by atoms with Crippen molar-refractivity contribution in [2.24, 2.45) is 0 Å². The molecule has 1 atom stereocenters. The molecule has 2 heterocycles. The number of nitrogens with zero attached hydrogens (tertiary/aromatic N) is 3. The Bertz CT molecular complexity index is 553. The second kappa shape index (κ2) is 6.07. The summed E-state index contributed by atoms with van der Waals surface area (Å²) in [4.78, 5) is 10.6. The molecule has 0 fully saturated rings. The van der Waals surface area contributed by atoms with Crippen LogP contribution in [-0.2, 0) is 11.2 Å². The van der Waals surface area contributed by atoms with Gasteiger partial charge in [0.2, 0.25) is 5.95 Å². The molecule has 0 saturated carbocycles. The summed E-state index contributed by atoms with van der Waals surface area (Å²) >= 11 is 2.78. The third kappa shape index (κ3) is 3.48. The summed E-state index contributed by atoms with van der Waals surface area (Å²) in [6.45, 7) is 2.02. The molecule has 0 saturated heterocycles. The number of hydrogen-bond donors (Lipinski definition) is 2. The Balaban J connectivity index is 2.13. The first-order chi connectivity index (χ1) is 9.08. The van der Waals surface area contributed by atoms with Crippen molar-refractivity contribution >= 4 is 35.0 Å². The van der Waals surface area contributed by atoms with E-state index in [0.717, 1.165) is 18.2 Å². The number of rotatable bonds is 6. The summed E-state index contributed by atoms with van der Waals surface area (Å²) in [5, 5.41) is 21.1. The molecule has 8 heteroatoms. The van der Waals surface area contributed by atoms with Gasteiger partial charge in [-0.3, -0.25) is 9.36 Å². The van der Waals surface area contributed by atoms with Crippen LogP contribution in [-0.4, -0.2) is 31.6 Å². The summed E-state index contributed by atoms with van der Waals surface area (Å²) < 4.78 is 1.78. The number of carboxylic acid groups (broad SMARTS) is 1. The number of hydrogen-bond acceptors (Lipinski definition) is 6. The molecule has 3 N–H and O–H groups in total. The van der Waals surface area contributed by atoms with Gasteiger partial charge in [0.25, 0.3) is 0 Å². The third-order valence-electron chi connectivity index (χ3n) is 2.57. The number of nitrogens with two attached hydrogens (primary N) is 1. The van der Waals surface area contributed by atoms with Crippen LogP contribution in [0.2, 0.25) is 0 Å². The summed E-state index contributed by atoms with van der Waals surface area (Å²) in [7, 11) is 0. The zero-order valence-corrected chi connectivity index (χ0v) is 11.9. The highest BCUT2D eigenvalue weighted by Crippen LogP contribution is 2.25. The maximum atomic E-state index is 10.6. The lowest BCUT2D eigenvalue weighted by Crippen LogP contribution is -2.13. The average Bonchev–Trinajstić information content (AvgIpc) is 2.96. The van der Waals surface area contributed by atoms with Crippen LogP contribution in [0.25, 0.3) is 0 Å². The Labute approximate surface area is 118 Å². The summed E-state index contributed by atoms with van der Waals surface area (Å²) in [5.74, 6) is -0.622. The van der Waals surface area contributed by atoms with Gasteiger partial charge in [0.05, 0.1) is 5.75 Å². The zero-order valence-electron chi connectivity index (χ0n) is 10.3. The minimum Gasteiger partial charge on any atom is -0.481 e. The molecule has 0 spiro atoms. The molecular weight excluding hydrogens is 284 g/mol. The predicted molar refractivity (Wildman–Crippen MR) is 75.5 cm³/mol. The van der Waals surface area contributed by atoms with Gasteiger partial charge >= 0.3 is 5.97 Å². The fraction of sp³-hybridized carbons (Fsp3) is 0.364. The molecule has 0 radical (unpaired) electrons. The van der Waals surface area contributed by atoms with E-state index < -0.39 is 5.97 Å². The topological polar surface area (TPSA) is 94.0 Å².